The smallest absolute Gasteiger partial charge is 0.255 e. The van der Waals surface area contributed by atoms with Crippen LogP contribution in [0.15, 0.2) is 16.9 Å². The van der Waals surface area contributed by atoms with Crippen LogP contribution in [0.1, 0.15) is 17.5 Å². The maximum absolute atomic E-state index is 14.0. The van der Waals surface area contributed by atoms with E-state index in [1.165, 1.54) is 4.90 Å². The Balaban J connectivity index is 1.93. The molecule has 13 heteroatoms. The van der Waals surface area contributed by atoms with Crippen molar-refractivity contribution in [3.63, 3.8) is 0 Å². The molecule has 1 aromatic heterocycles. The van der Waals surface area contributed by atoms with Gasteiger partial charge < -0.3 is 41.3 Å². The maximum atomic E-state index is 14.0. The van der Waals surface area contributed by atoms with E-state index >= 15 is 0 Å². The number of ketones is 2. The number of carbonyl (C=O) groups excluding carboxylic acids is 3. The fourth-order valence-electron chi connectivity index (χ4n) is 6.07. The van der Waals surface area contributed by atoms with Gasteiger partial charge in [-0.05, 0) is 47.0 Å². The van der Waals surface area contributed by atoms with E-state index in [1.54, 1.807) is 33.1 Å². The van der Waals surface area contributed by atoms with Gasteiger partial charge in [0.15, 0.2) is 23.0 Å². The van der Waals surface area contributed by atoms with Gasteiger partial charge in [0.05, 0.1) is 11.6 Å². The number of anilines is 2. The molecule has 4 rings (SSSR count). The molecule has 0 unspecified atom stereocenters. The third-order valence-electron chi connectivity index (χ3n) is 7.84. The first-order valence-electron chi connectivity index (χ1n) is 12.6. The first kappa shape index (κ1) is 28.3. The van der Waals surface area contributed by atoms with Gasteiger partial charge in [-0.1, -0.05) is 0 Å². The number of aromatic hydroxyl groups is 1. The topological polar surface area (TPSA) is 193 Å². The Hall–Kier alpha value is -3.68. The predicted octanol–water partition coefficient (Wildman–Crippen LogP) is -0.601. The summed E-state index contributed by atoms with van der Waals surface area (Å²) in [5.41, 5.74) is 2.14. The fourth-order valence-corrected chi connectivity index (χ4v) is 6.07. The van der Waals surface area contributed by atoms with Crippen molar-refractivity contribution < 1.29 is 34.8 Å². The van der Waals surface area contributed by atoms with Crippen LogP contribution in [-0.2, 0) is 20.8 Å². The summed E-state index contributed by atoms with van der Waals surface area (Å²) in [6.45, 7) is 1.07. The Morgan fingerprint density at radius 2 is 1.77 bits per heavy atom. The maximum Gasteiger partial charge on any atom is 0.255 e. The fraction of sp³-hybridized carbons (Fsp3) is 0.538. The van der Waals surface area contributed by atoms with E-state index in [0.717, 1.165) is 0 Å². The van der Waals surface area contributed by atoms with Gasteiger partial charge in [0.25, 0.3) is 5.91 Å². The first-order valence-corrected chi connectivity index (χ1v) is 12.6. The van der Waals surface area contributed by atoms with Gasteiger partial charge in [0.2, 0.25) is 5.78 Å². The molecule has 4 atom stereocenters. The standard InChI is InChI=1S/C26H36N6O7/c1-30(2)8-7-28-24-20(35)15-12(25(29-24)32(5)6)9-11-10-13-17(31(3)4)19(34)16(23(27)38)22(37)26(13,39)21(36)14(11)18(15)33/h11,13,17,33,35,37,39H,7-10H2,1-6H3,(H2,27,38)(H,28,29)/t11-,13-,17-,26-/m0/s1. The van der Waals surface area contributed by atoms with Gasteiger partial charge >= 0.3 is 0 Å². The lowest BCUT2D eigenvalue weighted by Gasteiger charge is -2.50. The minimum absolute atomic E-state index is 0.00246. The van der Waals surface area contributed by atoms with E-state index in [1.807, 2.05) is 19.0 Å². The summed E-state index contributed by atoms with van der Waals surface area (Å²) in [6, 6.07) is -1.13. The molecule has 7 N–H and O–H groups in total. The molecule has 39 heavy (non-hydrogen) atoms. The molecular formula is C26H36N6O7. The molecule has 3 aliphatic carbocycles. The molecule has 1 fully saturated rings. The van der Waals surface area contributed by atoms with Gasteiger partial charge in [0.1, 0.15) is 22.9 Å². The Morgan fingerprint density at radius 1 is 1.13 bits per heavy atom. The molecule has 212 valence electrons. The van der Waals surface area contributed by atoms with Gasteiger partial charge in [-0.2, -0.15) is 0 Å². The van der Waals surface area contributed by atoms with Crippen molar-refractivity contribution >= 4 is 34.9 Å². The van der Waals surface area contributed by atoms with Crippen LogP contribution in [-0.4, -0.2) is 120 Å². The number of nitrogens with one attached hydrogen (secondary N) is 1. The predicted molar refractivity (Wildman–Crippen MR) is 143 cm³/mol. The number of aliphatic hydroxyl groups excluding tert-OH is 2. The Labute approximate surface area is 226 Å². The third-order valence-corrected chi connectivity index (χ3v) is 7.84. The normalized spacial score (nSPS) is 26.5. The average molecular weight is 545 g/mol. The van der Waals surface area contributed by atoms with Crippen LogP contribution in [0.3, 0.4) is 0 Å². The minimum Gasteiger partial charge on any atom is -0.508 e. The highest BCUT2D eigenvalue weighted by molar-refractivity contribution is 6.24. The van der Waals surface area contributed by atoms with Crippen LogP contribution in [0.25, 0.3) is 5.76 Å². The zero-order chi connectivity index (χ0) is 29.1. The van der Waals surface area contributed by atoms with E-state index in [0.29, 0.717) is 24.5 Å². The van der Waals surface area contributed by atoms with Crippen molar-refractivity contribution in [2.75, 3.05) is 65.6 Å². The zero-order valence-electron chi connectivity index (χ0n) is 22.9. The SMILES string of the molecule is CN(C)CCNc1nc(N(C)C)c2c(c1O)C(O)=C1C(=O)[C@]3(O)C(O)=C(C(N)=O)C(=O)[C@@H](N(C)C)[C@@H]3C[C@@H]1C2. The highest BCUT2D eigenvalue weighted by Crippen LogP contribution is 2.54. The summed E-state index contributed by atoms with van der Waals surface area (Å²) < 4.78 is 0. The number of carbonyl (C=O) groups is 3. The molecular weight excluding hydrogens is 508 g/mol. The molecule has 1 saturated carbocycles. The summed E-state index contributed by atoms with van der Waals surface area (Å²) in [7, 11) is 10.4. The van der Waals surface area contributed by atoms with Crippen LogP contribution >= 0.6 is 0 Å². The quantitative estimate of drug-likeness (QED) is 0.239. The molecule has 1 amide bonds. The van der Waals surface area contributed by atoms with Crippen molar-refractivity contribution in [3.8, 4) is 5.75 Å². The number of likely N-dealkylation sites (N-methyl/N-ethyl adjacent to an activating group) is 2. The number of nitrogens with zero attached hydrogens (tertiary/aromatic N) is 4. The lowest BCUT2D eigenvalue weighted by atomic mass is 9.57. The van der Waals surface area contributed by atoms with Gasteiger partial charge in [-0.25, -0.2) is 4.98 Å². The molecule has 0 spiro atoms. The molecule has 0 aliphatic heterocycles. The molecule has 0 bridgehead atoms. The first-order chi connectivity index (χ1) is 18.1. The summed E-state index contributed by atoms with van der Waals surface area (Å²) >= 11 is 0. The van der Waals surface area contributed by atoms with Gasteiger partial charge in [-0.15, -0.1) is 0 Å². The highest BCUT2D eigenvalue weighted by Gasteiger charge is 2.64. The van der Waals surface area contributed by atoms with Crippen LogP contribution in [0.4, 0.5) is 11.6 Å². The third kappa shape index (κ3) is 4.21. The second kappa shape index (κ2) is 9.81. The van der Waals surface area contributed by atoms with E-state index in [2.05, 4.69) is 10.3 Å². The number of rotatable bonds is 7. The van der Waals surface area contributed by atoms with E-state index in [4.69, 9.17) is 5.73 Å². The number of Topliss-reactive ketones (excluding diaryl/α,β-unsaturated/α-hetero) is 2. The van der Waals surface area contributed by atoms with Crippen LogP contribution in [0.2, 0.25) is 0 Å². The van der Waals surface area contributed by atoms with Crippen molar-refractivity contribution in [3.05, 3.63) is 28.0 Å². The number of amides is 1. The molecule has 0 radical (unpaired) electrons. The number of primary amides is 1. The number of nitrogens with two attached hydrogens (primary N) is 1. The molecule has 0 saturated heterocycles. The summed E-state index contributed by atoms with van der Waals surface area (Å²) in [6.07, 6.45) is 0.183. The second-order valence-corrected chi connectivity index (χ2v) is 11.1. The zero-order valence-corrected chi connectivity index (χ0v) is 22.9. The Bertz CT molecular complexity index is 1320. The monoisotopic (exact) mass is 544 g/mol. The van der Waals surface area contributed by atoms with Crippen LogP contribution < -0.4 is 16.0 Å². The van der Waals surface area contributed by atoms with Crippen molar-refractivity contribution in [1.82, 2.24) is 14.8 Å². The molecule has 1 heterocycles. The Morgan fingerprint density at radius 3 is 2.31 bits per heavy atom. The van der Waals surface area contributed by atoms with E-state index in [-0.39, 0.29) is 35.5 Å². The number of hydrogen-bond acceptors (Lipinski definition) is 12. The van der Waals surface area contributed by atoms with E-state index in [9.17, 15) is 34.8 Å². The van der Waals surface area contributed by atoms with Crippen LogP contribution in [0.5, 0.6) is 5.75 Å². The molecule has 0 aromatic carbocycles. The molecule has 1 aromatic rings. The van der Waals surface area contributed by atoms with Crippen molar-refractivity contribution in [1.29, 1.82) is 0 Å². The highest BCUT2D eigenvalue weighted by atomic mass is 16.3. The summed E-state index contributed by atoms with van der Waals surface area (Å²) in [5, 5.41) is 48.4. The van der Waals surface area contributed by atoms with Gasteiger partial charge in [0, 0.05) is 44.2 Å². The van der Waals surface area contributed by atoms with Crippen molar-refractivity contribution in [2.24, 2.45) is 17.6 Å². The summed E-state index contributed by atoms with van der Waals surface area (Å²) in [4.78, 5) is 49.0. The number of aliphatic hydroxyl groups is 3. The minimum atomic E-state index is -2.68. The lowest BCUT2D eigenvalue weighted by molar-refractivity contribution is -0.153. The van der Waals surface area contributed by atoms with Gasteiger partial charge in [-0.3, -0.25) is 19.3 Å². The molecule has 3 aliphatic rings. The number of hydrogen-bond donors (Lipinski definition) is 6. The number of aromatic nitrogens is 1. The molecule has 13 nitrogen and oxygen atoms in total. The number of fused-ring (bicyclic) bond motifs is 3. The van der Waals surface area contributed by atoms with Crippen LogP contribution in [0, 0.1) is 11.8 Å². The largest absolute Gasteiger partial charge is 0.508 e. The average Bonchev–Trinajstić information content (AvgIpc) is 2.81. The number of pyridine rings is 1. The van der Waals surface area contributed by atoms with Crippen molar-refractivity contribution in [2.45, 2.75) is 24.5 Å². The summed E-state index contributed by atoms with van der Waals surface area (Å²) in [5.74, 6) is -6.35. The Kier molecular flexibility index (Phi) is 7.13. The second-order valence-electron chi connectivity index (χ2n) is 11.1. The lowest BCUT2D eigenvalue weighted by Crippen LogP contribution is -2.65. The van der Waals surface area contributed by atoms with E-state index < -0.39 is 58.0 Å².